The van der Waals surface area contributed by atoms with Crippen molar-refractivity contribution in [1.29, 1.82) is 0 Å². The molecule has 0 spiro atoms. The Morgan fingerprint density at radius 3 is 2.86 bits per heavy atom. The summed E-state index contributed by atoms with van der Waals surface area (Å²) >= 11 is 0. The molecule has 0 radical (unpaired) electrons. The van der Waals surface area contributed by atoms with Crippen LogP contribution in [-0.4, -0.2) is 19.2 Å². The maximum atomic E-state index is 12.3. The number of fused-ring (bicyclic) bond motifs is 1. The second-order valence-corrected chi connectivity index (χ2v) is 4.76. The van der Waals surface area contributed by atoms with Gasteiger partial charge in [0.15, 0.2) is 11.5 Å². The number of anilines is 1. The zero-order valence-corrected chi connectivity index (χ0v) is 11.5. The van der Waals surface area contributed by atoms with Crippen molar-refractivity contribution < 1.29 is 14.3 Å². The molecular formula is C16H16N2O3. The largest absolute Gasteiger partial charge is 0.454 e. The molecule has 5 heteroatoms. The highest BCUT2D eigenvalue weighted by Crippen LogP contribution is 2.34. The van der Waals surface area contributed by atoms with Crippen molar-refractivity contribution in [2.24, 2.45) is 5.73 Å². The molecule has 1 heterocycles. The molecule has 0 bridgehead atoms. The van der Waals surface area contributed by atoms with Gasteiger partial charge in [-0.3, -0.25) is 4.79 Å². The minimum absolute atomic E-state index is 0.160. The minimum Gasteiger partial charge on any atom is -0.454 e. The zero-order valence-electron chi connectivity index (χ0n) is 11.5. The number of rotatable bonds is 4. The van der Waals surface area contributed by atoms with Gasteiger partial charge in [-0.1, -0.05) is 12.1 Å². The molecule has 2 aromatic rings. The topological polar surface area (TPSA) is 73.6 Å². The van der Waals surface area contributed by atoms with Gasteiger partial charge in [0.2, 0.25) is 6.79 Å². The summed E-state index contributed by atoms with van der Waals surface area (Å²) in [6.07, 6.45) is 0.755. The summed E-state index contributed by atoms with van der Waals surface area (Å²) in [5.74, 6) is 1.18. The highest BCUT2D eigenvalue weighted by atomic mass is 16.7. The number of amides is 1. The van der Waals surface area contributed by atoms with E-state index in [2.05, 4.69) is 5.32 Å². The fourth-order valence-electron chi connectivity index (χ4n) is 2.21. The van der Waals surface area contributed by atoms with Crippen molar-refractivity contribution in [2.75, 3.05) is 18.7 Å². The SMILES string of the molecule is NCCc1cccc(C(=O)Nc2ccc3c(c2)OCO3)c1. The third kappa shape index (κ3) is 2.98. The molecule has 0 fully saturated rings. The summed E-state index contributed by atoms with van der Waals surface area (Å²) < 4.78 is 10.5. The number of carbonyl (C=O) groups is 1. The van der Waals surface area contributed by atoms with Crippen LogP contribution in [0.25, 0.3) is 0 Å². The van der Waals surface area contributed by atoms with Crippen LogP contribution < -0.4 is 20.5 Å². The molecule has 0 saturated heterocycles. The van der Waals surface area contributed by atoms with Crippen LogP contribution in [0.15, 0.2) is 42.5 Å². The van der Waals surface area contributed by atoms with Crippen LogP contribution in [0.1, 0.15) is 15.9 Å². The second-order valence-electron chi connectivity index (χ2n) is 4.76. The Labute approximate surface area is 122 Å². The van der Waals surface area contributed by atoms with Gasteiger partial charge in [-0.15, -0.1) is 0 Å². The lowest BCUT2D eigenvalue weighted by atomic mass is 10.1. The fraction of sp³-hybridized carbons (Fsp3) is 0.188. The molecule has 3 N–H and O–H groups in total. The molecule has 1 aliphatic rings. The molecule has 0 unspecified atom stereocenters. The molecule has 0 aromatic heterocycles. The van der Waals surface area contributed by atoms with E-state index in [4.69, 9.17) is 15.2 Å². The minimum atomic E-state index is -0.160. The van der Waals surface area contributed by atoms with Crippen LogP contribution in [-0.2, 0) is 6.42 Å². The molecule has 0 aliphatic carbocycles. The molecule has 0 saturated carbocycles. The molecule has 1 amide bonds. The molecule has 5 nitrogen and oxygen atoms in total. The van der Waals surface area contributed by atoms with E-state index < -0.39 is 0 Å². The highest BCUT2D eigenvalue weighted by Gasteiger charge is 2.14. The molecule has 108 valence electrons. The monoisotopic (exact) mass is 284 g/mol. The summed E-state index contributed by atoms with van der Waals surface area (Å²) in [4.78, 5) is 12.3. The van der Waals surface area contributed by atoms with Gasteiger partial charge in [-0.05, 0) is 42.8 Å². The average Bonchev–Trinajstić information content (AvgIpc) is 2.95. The van der Waals surface area contributed by atoms with E-state index in [9.17, 15) is 4.79 Å². The summed E-state index contributed by atoms with van der Waals surface area (Å²) in [5, 5.41) is 2.85. The summed E-state index contributed by atoms with van der Waals surface area (Å²) in [5.41, 5.74) is 7.87. The lowest BCUT2D eigenvalue weighted by molar-refractivity contribution is 0.102. The summed E-state index contributed by atoms with van der Waals surface area (Å²) in [6.45, 7) is 0.779. The van der Waals surface area contributed by atoms with Gasteiger partial charge in [-0.2, -0.15) is 0 Å². The Morgan fingerprint density at radius 2 is 2.00 bits per heavy atom. The first-order chi connectivity index (χ1) is 10.3. The van der Waals surface area contributed by atoms with Crippen LogP contribution in [0, 0.1) is 0 Å². The normalized spacial score (nSPS) is 12.2. The number of hydrogen-bond donors (Lipinski definition) is 2. The first-order valence-corrected chi connectivity index (χ1v) is 6.76. The van der Waals surface area contributed by atoms with Crippen molar-refractivity contribution in [3.8, 4) is 11.5 Å². The quantitative estimate of drug-likeness (QED) is 0.902. The van der Waals surface area contributed by atoms with E-state index in [0.717, 1.165) is 12.0 Å². The van der Waals surface area contributed by atoms with Gasteiger partial charge in [0.1, 0.15) is 0 Å². The number of nitrogens with two attached hydrogens (primary N) is 1. The predicted molar refractivity (Wildman–Crippen MR) is 79.7 cm³/mol. The lowest BCUT2D eigenvalue weighted by Crippen LogP contribution is -2.12. The van der Waals surface area contributed by atoms with Crippen molar-refractivity contribution in [2.45, 2.75) is 6.42 Å². The molecule has 21 heavy (non-hydrogen) atoms. The van der Waals surface area contributed by atoms with Crippen molar-refractivity contribution in [3.63, 3.8) is 0 Å². The molecule has 1 aliphatic heterocycles. The first-order valence-electron chi connectivity index (χ1n) is 6.76. The molecule has 2 aromatic carbocycles. The fourth-order valence-corrected chi connectivity index (χ4v) is 2.21. The standard InChI is InChI=1S/C16H16N2O3/c17-7-6-11-2-1-3-12(8-11)16(19)18-13-4-5-14-15(9-13)21-10-20-14/h1-5,8-9H,6-7,10,17H2,(H,18,19). The third-order valence-corrected chi connectivity index (χ3v) is 3.25. The van der Waals surface area contributed by atoms with Crippen molar-refractivity contribution in [3.05, 3.63) is 53.6 Å². The van der Waals surface area contributed by atoms with Crippen LogP contribution in [0.5, 0.6) is 11.5 Å². The Morgan fingerprint density at radius 1 is 1.14 bits per heavy atom. The van der Waals surface area contributed by atoms with E-state index in [-0.39, 0.29) is 12.7 Å². The third-order valence-electron chi connectivity index (χ3n) is 3.25. The van der Waals surface area contributed by atoms with E-state index in [1.807, 2.05) is 18.2 Å². The number of nitrogens with one attached hydrogen (secondary N) is 1. The Bertz CT molecular complexity index is 670. The van der Waals surface area contributed by atoms with Gasteiger partial charge in [0, 0.05) is 17.3 Å². The zero-order chi connectivity index (χ0) is 14.7. The van der Waals surface area contributed by atoms with Gasteiger partial charge in [0.25, 0.3) is 5.91 Å². The maximum Gasteiger partial charge on any atom is 0.255 e. The smallest absolute Gasteiger partial charge is 0.255 e. The number of carbonyl (C=O) groups excluding carboxylic acids is 1. The second kappa shape index (κ2) is 5.85. The summed E-state index contributed by atoms with van der Waals surface area (Å²) in [7, 11) is 0. The Kier molecular flexibility index (Phi) is 3.75. The van der Waals surface area contributed by atoms with Crippen LogP contribution >= 0.6 is 0 Å². The lowest BCUT2D eigenvalue weighted by Gasteiger charge is -2.07. The van der Waals surface area contributed by atoms with Gasteiger partial charge in [-0.25, -0.2) is 0 Å². The van der Waals surface area contributed by atoms with Crippen LogP contribution in [0.2, 0.25) is 0 Å². The Hall–Kier alpha value is -2.53. The first kappa shape index (κ1) is 13.5. The van der Waals surface area contributed by atoms with E-state index in [1.54, 1.807) is 24.3 Å². The van der Waals surface area contributed by atoms with Gasteiger partial charge < -0.3 is 20.5 Å². The van der Waals surface area contributed by atoms with Crippen molar-refractivity contribution in [1.82, 2.24) is 0 Å². The molecular weight excluding hydrogens is 268 g/mol. The van der Waals surface area contributed by atoms with E-state index in [1.165, 1.54) is 0 Å². The maximum absolute atomic E-state index is 12.3. The molecule has 3 rings (SSSR count). The predicted octanol–water partition coefficient (Wildman–Crippen LogP) is 2.17. The van der Waals surface area contributed by atoms with Crippen molar-refractivity contribution >= 4 is 11.6 Å². The molecule has 0 atom stereocenters. The Balaban J connectivity index is 1.75. The van der Waals surface area contributed by atoms with Crippen LogP contribution in [0.3, 0.4) is 0 Å². The van der Waals surface area contributed by atoms with Gasteiger partial charge >= 0.3 is 0 Å². The average molecular weight is 284 g/mol. The summed E-state index contributed by atoms with van der Waals surface area (Å²) in [6, 6.07) is 12.8. The highest BCUT2D eigenvalue weighted by molar-refractivity contribution is 6.04. The van der Waals surface area contributed by atoms with Gasteiger partial charge in [0.05, 0.1) is 0 Å². The number of benzene rings is 2. The number of hydrogen-bond acceptors (Lipinski definition) is 4. The van der Waals surface area contributed by atoms with Crippen LogP contribution in [0.4, 0.5) is 5.69 Å². The van der Waals surface area contributed by atoms with E-state index in [0.29, 0.717) is 29.3 Å². The number of ether oxygens (including phenoxy) is 2. The van der Waals surface area contributed by atoms with E-state index >= 15 is 0 Å².